The minimum absolute atomic E-state index is 0.215. The Balaban J connectivity index is 1.80. The molecule has 0 unspecified atom stereocenters. The molecule has 0 fully saturated rings. The lowest BCUT2D eigenvalue weighted by molar-refractivity contribution is 0.421. The number of rotatable bonds is 4. The topological polar surface area (TPSA) is 68.8 Å². The molecule has 0 atom stereocenters. The SMILES string of the molecule is CCCn1cc2nc(-c3nnn(-c4ccccc4F)c3C)ccc2c1O. The van der Waals surface area contributed by atoms with Gasteiger partial charge in [-0.1, -0.05) is 24.3 Å². The zero-order chi connectivity index (χ0) is 18.3. The van der Waals surface area contributed by atoms with Crippen molar-refractivity contribution in [1.29, 1.82) is 0 Å². The maximum Gasteiger partial charge on any atom is 0.200 e. The van der Waals surface area contributed by atoms with Crippen LogP contribution < -0.4 is 0 Å². The summed E-state index contributed by atoms with van der Waals surface area (Å²) in [5.41, 5.74) is 2.94. The molecular weight excluding hydrogens is 333 g/mol. The van der Waals surface area contributed by atoms with Gasteiger partial charge in [-0.15, -0.1) is 5.10 Å². The van der Waals surface area contributed by atoms with E-state index in [2.05, 4.69) is 15.3 Å². The summed E-state index contributed by atoms with van der Waals surface area (Å²) in [6.45, 7) is 4.60. The van der Waals surface area contributed by atoms with Crippen LogP contribution in [0.15, 0.2) is 42.6 Å². The van der Waals surface area contributed by atoms with Gasteiger partial charge in [0.25, 0.3) is 0 Å². The molecule has 0 aliphatic carbocycles. The zero-order valence-electron chi connectivity index (χ0n) is 14.5. The van der Waals surface area contributed by atoms with Gasteiger partial charge in [0.1, 0.15) is 17.2 Å². The van der Waals surface area contributed by atoms with E-state index in [1.54, 1.807) is 28.8 Å². The maximum atomic E-state index is 14.1. The molecule has 4 rings (SSSR count). The first-order valence-corrected chi connectivity index (χ1v) is 8.46. The molecule has 6 nitrogen and oxygen atoms in total. The van der Waals surface area contributed by atoms with E-state index in [-0.39, 0.29) is 11.7 Å². The highest BCUT2D eigenvalue weighted by molar-refractivity contribution is 5.86. The number of fused-ring (bicyclic) bond motifs is 1. The van der Waals surface area contributed by atoms with Gasteiger partial charge in [-0.25, -0.2) is 14.1 Å². The van der Waals surface area contributed by atoms with Crippen LogP contribution in [0.1, 0.15) is 19.0 Å². The normalized spacial score (nSPS) is 11.3. The van der Waals surface area contributed by atoms with E-state index in [9.17, 15) is 9.50 Å². The third-order valence-corrected chi connectivity index (χ3v) is 4.40. The second-order valence-corrected chi connectivity index (χ2v) is 6.16. The molecule has 1 N–H and O–H groups in total. The van der Waals surface area contributed by atoms with Crippen LogP contribution in [0.25, 0.3) is 28.0 Å². The second kappa shape index (κ2) is 6.25. The summed E-state index contributed by atoms with van der Waals surface area (Å²) in [6, 6.07) is 10.0. The Labute approximate surface area is 149 Å². The lowest BCUT2D eigenvalue weighted by atomic mass is 10.2. The molecule has 0 saturated carbocycles. The predicted octanol–water partition coefficient (Wildman–Crippen LogP) is 3.85. The first-order valence-electron chi connectivity index (χ1n) is 8.46. The third kappa shape index (κ3) is 2.52. The van der Waals surface area contributed by atoms with Gasteiger partial charge in [-0.2, -0.15) is 0 Å². The van der Waals surface area contributed by atoms with Gasteiger partial charge < -0.3 is 9.67 Å². The van der Waals surface area contributed by atoms with E-state index in [4.69, 9.17) is 0 Å². The van der Waals surface area contributed by atoms with E-state index in [1.165, 1.54) is 10.7 Å². The summed E-state index contributed by atoms with van der Waals surface area (Å²) in [6.07, 6.45) is 2.74. The van der Waals surface area contributed by atoms with Crippen molar-refractivity contribution in [3.05, 3.63) is 54.1 Å². The number of halogens is 1. The number of aryl methyl sites for hydroxylation is 1. The number of aromatic nitrogens is 5. The van der Waals surface area contributed by atoms with Gasteiger partial charge in [0.05, 0.1) is 22.3 Å². The molecule has 132 valence electrons. The van der Waals surface area contributed by atoms with Crippen LogP contribution in [0.5, 0.6) is 5.88 Å². The van der Waals surface area contributed by atoms with E-state index in [1.807, 2.05) is 26.1 Å². The number of pyridine rings is 1. The summed E-state index contributed by atoms with van der Waals surface area (Å²) in [4.78, 5) is 4.61. The molecular formula is C19H18FN5O. The molecule has 1 aromatic carbocycles. The van der Waals surface area contributed by atoms with Gasteiger partial charge in [-0.3, -0.25) is 0 Å². The van der Waals surface area contributed by atoms with Crippen LogP contribution in [0.2, 0.25) is 0 Å². The molecule has 0 aliphatic rings. The van der Waals surface area contributed by atoms with Gasteiger partial charge in [0.15, 0.2) is 0 Å². The molecule has 3 aromatic heterocycles. The van der Waals surface area contributed by atoms with Crippen molar-refractivity contribution in [1.82, 2.24) is 24.5 Å². The molecule has 0 radical (unpaired) electrons. The van der Waals surface area contributed by atoms with Crippen LogP contribution in [0.4, 0.5) is 4.39 Å². The van der Waals surface area contributed by atoms with Crippen LogP contribution in [0, 0.1) is 12.7 Å². The van der Waals surface area contributed by atoms with Crippen molar-refractivity contribution in [2.24, 2.45) is 0 Å². The minimum atomic E-state index is -0.364. The smallest absolute Gasteiger partial charge is 0.200 e. The summed E-state index contributed by atoms with van der Waals surface area (Å²) in [5, 5.41) is 19.2. The molecule has 3 heterocycles. The summed E-state index contributed by atoms with van der Waals surface area (Å²) in [7, 11) is 0. The third-order valence-electron chi connectivity index (χ3n) is 4.40. The van der Waals surface area contributed by atoms with Crippen LogP contribution in [-0.2, 0) is 6.54 Å². The standard InChI is InChI=1S/C19H18FN5O/c1-3-10-24-11-16-13(19(24)26)8-9-15(21-16)18-12(2)25(23-22-18)17-7-5-4-6-14(17)20/h4-9,11,26H,3,10H2,1-2H3. The summed E-state index contributed by atoms with van der Waals surface area (Å²) < 4.78 is 17.3. The van der Waals surface area contributed by atoms with Gasteiger partial charge in [-0.05, 0) is 37.6 Å². The average Bonchev–Trinajstić information content (AvgIpc) is 3.16. The van der Waals surface area contributed by atoms with Crippen LogP contribution in [-0.4, -0.2) is 29.7 Å². The summed E-state index contributed by atoms with van der Waals surface area (Å²) >= 11 is 0. The molecule has 0 bridgehead atoms. The Morgan fingerprint density at radius 3 is 2.73 bits per heavy atom. The second-order valence-electron chi connectivity index (χ2n) is 6.16. The maximum absolute atomic E-state index is 14.1. The molecule has 26 heavy (non-hydrogen) atoms. The fraction of sp³-hybridized carbons (Fsp3) is 0.211. The van der Waals surface area contributed by atoms with Gasteiger partial charge >= 0.3 is 0 Å². The van der Waals surface area contributed by atoms with Crippen molar-refractivity contribution < 1.29 is 9.50 Å². The molecule has 0 amide bonds. The number of para-hydroxylation sites is 1. The Morgan fingerprint density at radius 2 is 1.96 bits per heavy atom. The lowest BCUT2D eigenvalue weighted by Gasteiger charge is -2.04. The number of aromatic hydroxyl groups is 1. The Bertz CT molecular complexity index is 1100. The van der Waals surface area contributed by atoms with E-state index >= 15 is 0 Å². The van der Waals surface area contributed by atoms with E-state index < -0.39 is 0 Å². The first-order chi connectivity index (χ1) is 12.6. The number of nitrogens with zero attached hydrogens (tertiary/aromatic N) is 5. The summed E-state index contributed by atoms with van der Waals surface area (Å²) in [5.74, 6) is -0.148. The van der Waals surface area contributed by atoms with E-state index in [0.717, 1.165) is 13.0 Å². The van der Waals surface area contributed by atoms with Crippen molar-refractivity contribution in [2.75, 3.05) is 0 Å². The molecule has 0 saturated heterocycles. The molecule has 0 aliphatic heterocycles. The van der Waals surface area contributed by atoms with Crippen molar-refractivity contribution in [3.63, 3.8) is 0 Å². The first kappa shape index (κ1) is 16.3. The quantitative estimate of drug-likeness (QED) is 0.606. The van der Waals surface area contributed by atoms with Crippen molar-refractivity contribution in [3.8, 4) is 23.0 Å². The fourth-order valence-corrected chi connectivity index (χ4v) is 3.09. The van der Waals surface area contributed by atoms with Crippen LogP contribution in [0.3, 0.4) is 0 Å². The van der Waals surface area contributed by atoms with Crippen molar-refractivity contribution in [2.45, 2.75) is 26.8 Å². The molecule has 7 heteroatoms. The fourth-order valence-electron chi connectivity index (χ4n) is 3.09. The molecule has 0 spiro atoms. The van der Waals surface area contributed by atoms with Gasteiger partial charge in [0, 0.05) is 12.7 Å². The highest BCUT2D eigenvalue weighted by atomic mass is 19.1. The van der Waals surface area contributed by atoms with E-state index in [0.29, 0.717) is 33.7 Å². The Hall–Kier alpha value is -3.22. The van der Waals surface area contributed by atoms with Crippen LogP contribution >= 0.6 is 0 Å². The van der Waals surface area contributed by atoms with Crippen molar-refractivity contribution >= 4 is 10.9 Å². The highest BCUT2D eigenvalue weighted by Gasteiger charge is 2.17. The lowest BCUT2D eigenvalue weighted by Crippen LogP contribution is -2.01. The van der Waals surface area contributed by atoms with Gasteiger partial charge in [0.2, 0.25) is 5.88 Å². The zero-order valence-corrected chi connectivity index (χ0v) is 14.5. The highest BCUT2D eigenvalue weighted by Crippen LogP contribution is 2.29. The Kier molecular flexibility index (Phi) is 3.91. The monoisotopic (exact) mass is 351 g/mol. The minimum Gasteiger partial charge on any atom is -0.494 e. The number of hydrogen-bond donors (Lipinski definition) is 1. The number of hydrogen-bond acceptors (Lipinski definition) is 4. The largest absolute Gasteiger partial charge is 0.494 e. The molecule has 4 aromatic rings. The Morgan fingerprint density at radius 1 is 1.15 bits per heavy atom. The average molecular weight is 351 g/mol. The number of benzene rings is 1. The predicted molar refractivity (Wildman–Crippen MR) is 96.7 cm³/mol.